The maximum atomic E-state index is 12.9. The molecule has 0 aliphatic carbocycles. The van der Waals surface area contributed by atoms with Crippen LogP contribution >= 0.6 is 0 Å². The Bertz CT molecular complexity index is 1190. The van der Waals surface area contributed by atoms with E-state index in [0.717, 1.165) is 61.6 Å². The molecule has 172 valence electrons. The molecule has 0 unspecified atom stereocenters. The van der Waals surface area contributed by atoms with Crippen LogP contribution in [0.25, 0.3) is 10.9 Å². The number of likely N-dealkylation sites (N-methyl/N-ethyl adjacent to an activating group) is 1. The molecule has 2 N–H and O–H groups in total. The van der Waals surface area contributed by atoms with Crippen molar-refractivity contribution in [1.29, 1.82) is 0 Å². The summed E-state index contributed by atoms with van der Waals surface area (Å²) >= 11 is 0. The molecule has 7 heteroatoms. The molecule has 2 aliphatic heterocycles. The number of carbonyl (C=O) groups excluding carboxylic acids is 2. The zero-order valence-corrected chi connectivity index (χ0v) is 19.4. The molecule has 3 heterocycles. The highest BCUT2D eigenvalue weighted by molar-refractivity contribution is 6.39. The molecule has 33 heavy (non-hydrogen) atoms. The molecular weight excluding hydrogens is 414 g/mol. The minimum absolute atomic E-state index is 0.428. The third-order valence-electron chi connectivity index (χ3n) is 7.01. The lowest BCUT2D eigenvalue weighted by atomic mass is 10.0. The molecule has 0 radical (unpaired) electrons. The van der Waals surface area contributed by atoms with E-state index in [1.165, 1.54) is 10.9 Å². The molecule has 0 saturated carbocycles. The van der Waals surface area contributed by atoms with Crippen LogP contribution in [0.3, 0.4) is 0 Å². The lowest BCUT2D eigenvalue weighted by Gasteiger charge is -2.35. The zero-order valence-electron chi connectivity index (χ0n) is 19.4. The molecule has 2 amide bonds. The van der Waals surface area contributed by atoms with E-state index in [-0.39, 0.29) is 0 Å². The van der Waals surface area contributed by atoms with Crippen LogP contribution in [0.4, 0.5) is 11.4 Å². The highest BCUT2D eigenvalue weighted by Crippen LogP contribution is 2.28. The normalized spacial score (nSPS) is 16.7. The number of para-hydroxylation sites is 1. The molecule has 0 spiro atoms. The number of nitrogens with zero attached hydrogens (tertiary/aromatic N) is 3. The molecule has 1 aromatic heterocycles. The maximum absolute atomic E-state index is 12.9. The molecule has 7 nitrogen and oxygen atoms in total. The first-order valence-corrected chi connectivity index (χ1v) is 11.8. The SMILES string of the molecule is CCN1CCN(c2ccc(NC(=O)C(=O)N3CCc4c([nH]c5ccccc45)C3)c(C)c2)CC1. The summed E-state index contributed by atoms with van der Waals surface area (Å²) in [4.78, 5) is 35.5. The minimum Gasteiger partial charge on any atom is -0.369 e. The number of hydrogen-bond donors (Lipinski definition) is 2. The van der Waals surface area contributed by atoms with Crippen molar-refractivity contribution in [3.8, 4) is 0 Å². The number of fused-ring (bicyclic) bond motifs is 3. The Balaban J connectivity index is 1.23. The number of aromatic nitrogens is 1. The van der Waals surface area contributed by atoms with Crippen LogP contribution in [0.15, 0.2) is 42.5 Å². The second kappa shape index (κ2) is 8.90. The molecule has 3 aromatic rings. The number of rotatable bonds is 3. The van der Waals surface area contributed by atoms with Crippen LogP contribution in [0, 0.1) is 6.92 Å². The van der Waals surface area contributed by atoms with Crippen LogP contribution in [0.1, 0.15) is 23.7 Å². The van der Waals surface area contributed by atoms with E-state index in [9.17, 15) is 9.59 Å². The van der Waals surface area contributed by atoms with Gasteiger partial charge in [-0.1, -0.05) is 25.1 Å². The summed E-state index contributed by atoms with van der Waals surface area (Å²) in [7, 11) is 0. The van der Waals surface area contributed by atoms with Crippen LogP contribution in [-0.2, 0) is 22.6 Å². The topological polar surface area (TPSA) is 71.7 Å². The minimum atomic E-state index is -0.582. The predicted molar refractivity (Wildman–Crippen MR) is 132 cm³/mol. The van der Waals surface area contributed by atoms with Crippen LogP contribution < -0.4 is 10.2 Å². The average molecular weight is 446 g/mol. The lowest BCUT2D eigenvalue weighted by Crippen LogP contribution is -2.46. The molecule has 2 aromatic carbocycles. The van der Waals surface area contributed by atoms with Gasteiger partial charge >= 0.3 is 11.8 Å². The summed E-state index contributed by atoms with van der Waals surface area (Å²) in [6, 6.07) is 14.2. The van der Waals surface area contributed by atoms with Crippen molar-refractivity contribution in [1.82, 2.24) is 14.8 Å². The number of benzene rings is 2. The maximum Gasteiger partial charge on any atom is 0.313 e. The van der Waals surface area contributed by atoms with Gasteiger partial charge in [0.25, 0.3) is 0 Å². The van der Waals surface area contributed by atoms with Gasteiger partial charge in [-0.3, -0.25) is 9.59 Å². The number of piperazine rings is 1. The highest BCUT2D eigenvalue weighted by Gasteiger charge is 2.28. The third kappa shape index (κ3) is 4.20. The first-order chi connectivity index (χ1) is 16.0. The zero-order chi connectivity index (χ0) is 22.9. The van der Waals surface area contributed by atoms with Crippen LogP contribution in [-0.4, -0.2) is 65.9 Å². The summed E-state index contributed by atoms with van der Waals surface area (Å²) < 4.78 is 0. The van der Waals surface area contributed by atoms with Crippen molar-refractivity contribution >= 4 is 34.1 Å². The van der Waals surface area contributed by atoms with Gasteiger partial charge in [0.2, 0.25) is 0 Å². The molecule has 0 atom stereocenters. The molecule has 1 saturated heterocycles. The average Bonchev–Trinajstić information content (AvgIpc) is 3.22. The van der Waals surface area contributed by atoms with Crippen molar-refractivity contribution in [2.45, 2.75) is 26.8 Å². The Kier molecular flexibility index (Phi) is 5.81. The first kappa shape index (κ1) is 21.5. The molecular formula is C26H31N5O2. The summed E-state index contributed by atoms with van der Waals surface area (Å²) in [6.07, 6.45) is 0.747. The summed E-state index contributed by atoms with van der Waals surface area (Å²) in [5, 5.41) is 4.04. The van der Waals surface area contributed by atoms with Crippen molar-refractivity contribution < 1.29 is 9.59 Å². The van der Waals surface area contributed by atoms with Gasteiger partial charge in [0, 0.05) is 60.7 Å². The number of nitrogens with one attached hydrogen (secondary N) is 2. The number of amides is 2. The largest absolute Gasteiger partial charge is 0.369 e. The molecule has 5 rings (SSSR count). The lowest BCUT2D eigenvalue weighted by molar-refractivity contribution is -0.143. The number of H-pyrrole nitrogens is 1. The Morgan fingerprint density at radius 2 is 1.82 bits per heavy atom. The predicted octanol–water partition coefficient (Wildman–Crippen LogP) is 3.14. The Morgan fingerprint density at radius 1 is 1.03 bits per heavy atom. The van der Waals surface area contributed by atoms with E-state index in [0.29, 0.717) is 18.8 Å². The summed E-state index contributed by atoms with van der Waals surface area (Å²) in [6.45, 7) is 10.4. The van der Waals surface area contributed by atoms with Gasteiger partial charge in [0.1, 0.15) is 0 Å². The second-order valence-corrected chi connectivity index (χ2v) is 8.98. The first-order valence-electron chi connectivity index (χ1n) is 11.8. The molecule has 1 fully saturated rings. The van der Waals surface area contributed by atoms with Gasteiger partial charge < -0.3 is 25.0 Å². The van der Waals surface area contributed by atoms with E-state index in [1.807, 2.05) is 37.3 Å². The van der Waals surface area contributed by atoms with E-state index in [2.05, 4.69) is 39.2 Å². The highest BCUT2D eigenvalue weighted by atomic mass is 16.2. The smallest absolute Gasteiger partial charge is 0.313 e. The van der Waals surface area contributed by atoms with Crippen molar-refractivity contribution in [3.05, 3.63) is 59.3 Å². The van der Waals surface area contributed by atoms with Crippen molar-refractivity contribution in [2.24, 2.45) is 0 Å². The fourth-order valence-electron chi connectivity index (χ4n) is 4.99. The standard InChI is InChI=1S/C26H31N5O2/c1-3-29-12-14-30(15-13-29)19-8-9-22(18(2)16-19)28-25(32)26(33)31-11-10-21-20-6-4-5-7-23(20)27-24(21)17-31/h4-9,16,27H,3,10-15,17H2,1-2H3,(H,28,32). The van der Waals surface area contributed by atoms with Gasteiger partial charge in [-0.15, -0.1) is 0 Å². The van der Waals surface area contributed by atoms with E-state index in [4.69, 9.17) is 0 Å². The van der Waals surface area contributed by atoms with E-state index < -0.39 is 11.8 Å². The van der Waals surface area contributed by atoms with Crippen molar-refractivity contribution in [2.75, 3.05) is 49.5 Å². The fraction of sp³-hybridized carbons (Fsp3) is 0.385. The van der Waals surface area contributed by atoms with Crippen LogP contribution in [0.5, 0.6) is 0 Å². The van der Waals surface area contributed by atoms with Crippen LogP contribution in [0.2, 0.25) is 0 Å². The Morgan fingerprint density at radius 3 is 2.58 bits per heavy atom. The Hall–Kier alpha value is -3.32. The summed E-state index contributed by atoms with van der Waals surface area (Å²) in [5.41, 5.74) is 6.16. The third-order valence-corrected chi connectivity index (χ3v) is 7.01. The monoisotopic (exact) mass is 445 g/mol. The second-order valence-electron chi connectivity index (χ2n) is 8.98. The summed E-state index contributed by atoms with van der Waals surface area (Å²) in [5.74, 6) is -1.07. The number of anilines is 2. The number of hydrogen-bond acceptors (Lipinski definition) is 4. The fourth-order valence-corrected chi connectivity index (χ4v) is 4.99. The van der Waals surface area contributed by atoms with Gasteiger partial charge in [-0.25, -0.2) is 0 Å². The van der Waals surface area contributed by atoms with Gasteiger partial charge in [-0.2, -0.15) is 0 Å². The van der Waals surface area contributed by atoms with Crippen molar-refractivity contribution in [3.63, 3.8) is 0 Å². The van der Waals surface area contributed by atoms with Gasteiger partial charge in [0.15, 0.2) is 0 Å². The molecule has 0 bridgehead atoms. The quantitative estimate of drug-likeness (QED) is 0.608. The van der Waals surface area contributed by atoms with E-state index >= 15 is 0 Å². The van der Waals surface area contributed by atoms with Gasteiger partial charge in [0.05, 0.1) is 6.54 Å². The number of aryl methyl sites for hydroxylation is 1. The Labute approximate surface area is 194 Å². The van der Waals surface area contributed by atoms with E-state index in [1.54, 1.807) is 4.90 Å². The van der Waals surface area contributed by atoms with Gasteiger partial charge in [-0.05, 0) is 55.3 Å². The molecule has 2 aliphatic rings. The number of aromatic amines is 1. The number of carbonyl (C=O) groups is 2.